The van der Waals surface area contributed by atoms with Gasteiger partial charge in [0.15, 0.2) is 0 Å². The summed E-state index contributed by atoms with van der Waals surface area (Å²) in [5.74, 6) is 0.956. The van der Waals surface area contributed by atoms with Gasteiger partial charge >= 0.3 is 0 Å². The molecule has 0 saturated carbocycles. The average molecular weight is 229 g/mol. The Morgan fingerprint density at radius 3 is 2.76 bits per heavy atom. The van der Waals surface area contributed by atoms with Crippen LogP contribution >= 0.6 is 0 Å². The molecule has 1 aromatic heterocycles. The summed E-state index contributed by atoms with van der Waals surface area (Å²) in [6.45, 7) is 10.9. The molecule has 2 heteroatoms. The lowest BCUT2D eigenvalue weighted by molar-refractivity contribution is 0.245. The van der Waals surface area contributed by atoms with Crippen molar-refractivity contribution >= 4 is 10.9 Å². The highest BCUT2D eigenvalue weighted by Gasteiger charge is 2.07. The minimum atomic E-state index is 0.199. The van der Waals surface area contributed by atoms with Crippen LogP contribution in [0.5, 0.6) is 5.75 Å². The standard InChI is InChI=1S/C15H19NO/c1-11(2)10-16-9-8-13-14(16)6-5-7-15(13)17-12(3)4/h5-9,12H,1,10H2,2-4H3. The third-order valence-corrected chi connectivity index (χ3v) is 2.58. The number of hydrogen-bond donors (Lipinski definition) is 0. The van der Waals surface area contributed by atoms with Gasteiger partial charge < -0.3 is 9.30 Å². The monoisotopic (exact) mass is 229 g/mol. The quantitative estimate of drug-likeness (QED) is 0.723. The molecule has 17 heavy (non-hydrogen) atoms. The van der Waals surface area contributed by atoms with Crippen molar-refractivity contribution in [2.75, 3.05) is 0 Å². The SMILES string of the molecule is C=C(C)Cn1ccc2c(OC(C)C)cccc21. The number of nitrogens with zero attached hydrogens (tertiary/aromatic N) is 1. The molecule has 0 radical (unpaired) electrons. The van der Waals surface area contributed by atoms with Gasteiger partial charge in [0.2, 0.25) is 0 Å². The molecule has 2 aromatic rings. The molecular weight excluding hydrogens is 210 g/mol. The van der Waals surface area contributed by atoms with E-state index in [-0.39, 0.29) is 6.10 Å². The summed E-state index contributed by atoms with van der Waals surface area (Å²) in [7, 11) is 0. The lowest BCUT2D eigenvalue weighted by Gasteiger charge is -2.11. The summed E-state index contributed by atoms with van der Waals surface area (Å²) in [5, 5.41) is 1.17. The van der Waals surface area contributed by atoms with Crippen LogP contribution in [0.1, 0.15) is 20.8 Å². The summed E-state index contributed by atoms with van der Waals surface area (Å²) < 4.78 is 8.01. The molecule has 0 aliphatic carbocycles. The Bertz CT molecular complexity index is 537. The van der Waals surface area contributed by atoms with Crippen LogP contribution in [-0.4, -0.2) is 10.7 Å². The molecule has 2 nitrogen and oxygen atoms in total. The fraction of sp³-hybridized carbons (Fsp3) is 0.333. The number of ether oxygens (including phenoxy) is 1. The topological polar surface area (TPSA) is 14.2 Å². The molecule has 0 saturated heterocycles. The molecule has 0 aliphatic heterocycles. The Kier molecular flexibility index (Phi) is 3.23. The van der Waals surface area contributed by atoms with Gasteiger partial charge in [0.1, 0.15) is 5.75 Å². The van der Waals surface area contributed by atoms with Gasteiger partial charge in [-0.3, -0.25) is 0 Å². The highest BCUT2D eigenvalue weighted by atomic mass is 16.5. The van der Waals surface area contributed by atoms with Crippen molar-refractivity contribution < 1.29 is 4.74 Å². The summed E-state index contributed by atoms with van der Waals surface area (Å²) >= 11 is 0. The Morgan fingerprint density at radius 1 is 1.35 bits per heavy atom. The molecule has 0 N–H and O–H groups in total. The summed E-state index contributed by atoms with van der Waals surface area (Å²) in [6, 6.07) is 8.28. The minimum Gasteiger partial charge on any atom is -0.490 e. The number of aromatic nitrogens is 1. The van der Waals surface area contributed by atoms with Gasteiger partial charge in [-0.2, -0.15) is 0 Å². The summed E-state index contributed by atoms with van der Waals surface area (Å²) in [4.78, 5) is 0. The van der Waals surface area contributed by atoms with E-state index >= 15 is 0 Å². The predicted molar refractivity (Wildman–Crippen MR) is 72.5 cm³/mol. The highest BCUT2D eigenvalue weighted by molar-refractivity contribution is 5.86. The molecule has 0 spiro atoms. The van der Waals surface area contributed by atoms with E-state index < -0.39 is 0 Å². The van der Waals surface area contributed by atoms with E-state index in [2.05, 4.69) is 29.5 Å². The Labute approximate surface area is 103 Å². The zero-order chi connectivity index (χ0) is 12.4. The number of rotatable bonds is 4. The number of benzene rings is 1. The van der Waals surface area contributed by atoms with E-state index in [9.17, 15) is 0 Å². The van der Waals surface area contributed by atoms with Crippen LogP contribution in [0.15, 0.2) is 42.6 Å². The molecule has 0 fully saturated rings. The van der Waals surface area contributed by atoms with Gasteiger partial charge in [-0.05, 0) is 39.0 Å². The normalized spacial score (nSPS) is 11.1. The van der Waals surface area contributed by atoms with Crippen LogP contribution in [0.25, 0.3) is 10.9 Å². The average Bonchev–Trinajstić information content (AvgIpc) is 2.61. The van der Waals surface area contributed by atoms with Gasteiger partial charge in [-0.15, -0.1) is 0 Å². The van der Waals surface area contributed by atoms with E-state index in [1.54, 1.807) is 0 Å². The largest absolute Gasteiger partial charge is 0.490 e. The van der Waals surface area contributed by atoms with E-state index in [4.69, 9.17) is 4.74 Å². The summed E-state index contributed by atoms with van der Waals surface area (Å²) in [5.41, 5.74) is 2.35. The Hall–Kier alpha value is -1.70. The second-order valence-corrected chi connectivity index (χ2v) is 4.76. The first kappa shape index (κ1) is 11.8. The molecule has 2 rings (SSSR count). The van der Waals surface area contributed by atoms with Crippen molar-refractivity contribution in [3.8, 4) is 5.75 Å². The fourth-order valence-electron chi connectivity index (χ4n) is 1.98. The van der Waals surface area contributed by atoms with Crippen molar-refractivity contribution in [3.63, 3.8) is 0 Å². The lowest BCUT2D eigenvalue weighted by atomic mass is 10.2. The van der Waals surface area contributed by atoms with Crippen LogP contribution in [0.4, 0.5) is 0 Å². The molecular formula is C15H19NO. The smallest absolute Gasteiger partial charge is 0.129 e. The lowest BCUT2D eigenvalue weighted by Crippen LogP contribution is -2.05. The first-order chi connectivity index (χ1) is 8.08. The van der Waals surface area contributed by atoms with Gasteiger partial charge in [-0.25, -0.2) is 0 Å². The van der Waals surface area contributed by atoms with Gasteiger partial charge in [0, 0.05) is 18.1 Å². The molecule has 0 atom stereocenters. The molecule has 0 unspecified atom stereocenters. The van der Waals surface area contributed by atoms with Gasteiger partial charge in [0.05, 0.1) is 11.6 Å². The van der Waals surface area contributed by atoms with Crippen molar-refractivity contribution in [3.05, 3.63) is 42.6 Å². The molecule has 1 heterocycles. The molecule has 90 valence electrons. The Balaban J connectivity index is 2.45. The third kappa shape index (κ3) is 2.52. The zero-order valence-electron chi connectivity index (χ0n) is 10.7. The fourth-order valence-corrected chi connectivity index (χ4v) is 1.98. The van der Waals surface area contributed by atoms with Gasteiger partial charge in [-0.1, -0.05) is 18.2 Å². The maximum atomic E-state index is 5.81. The summed E-state index contributed by atoms with van der Waals surface area (Å²) in [6.07, 6.45) is 2.29. The number of allylic oxidation sites excluding steroid dienone is 1. The van der Waals surface area contributed by atoms with Crippen molar-refractivity contribution in [2.45, 2.75) is 33.4 Å². The van der Waals surface area contributed by atoms with Crippen LogP contribution in [-0.2, 0) is 6.54 Å². The van der Waals surface area contributed by atoms with E-state index in [0.29, 0.717) is 0 Å². The van der Waals surface area contributed by atoms with Crippen LogP contribution in [0.2, 0.25) is 0 Å². The van der Waals surface area contributed by atoms with Crippen LogP contribution in [0, 0.1) is 0 Å². The number of fused-ring (bicyclic) bond motifs is 1. The minimum absolute atomic E-state index is 0.199. The first-order valence-corrected chi connectivity index (χ1v) is 5.97. The molecule has 0 aliphatic rings. The maximum absolute atomic E-state index is 5.81. The molecule has 1 aromatic carbocycles. The molecule has 0 bridgehead atoms. The molecule has 0 amide bonds. The second-order valence-electron chi connectivity index (χ2n) is 4.76. The van der Waals surface area contributed by atoms with E-state index in [1.165, 1.54) is 10.9 Å². The van der Waals surface area contributed by atoms with Crippen molar-refractivity contribution in [1.82, 2.24) is 4.57 Å². The maximum Gasteiger partial charge on any atom is 0.129 e. The highest BCUT2D eigenvalue weighted by Crippen LogP contribution is 2.27. The van der Waals surface area contributed by atoms with Crippen LogP contribution in [0.3, 0.4) is 0 Å². The zero-order valence-corrected chi connectivity index (χ0v) is 10.7. The van der Waals surface area contributed by atoms with Crippen molar-refractivity contribution in [1.29, 1.82) is 0 Å². The van der Waals surface area contributed by atoms with Crippen molar-refractivity contribution in [2.24, 2.45) is 0 Å². The van der Waals surface area contributed by atoms with E-state index in [1.807, 2.05) is 32.9 Å². The first-order valence-electron chi connectivity index (χ1n) is 5.97. The van der Waals surface area contributed by atoms with Gasteiger partial charge in [0.25, 0.3) is 0 Å². The van der Waals surface area contributed by atoms with Crippen LogP contribution < -0.4 is 4.74 Å². The number of hydrogen-bond acceptors (Lipinski definition) is 1. The predicted octanol–water partition coefficient (Wildman–Crippen LogP) is 4.00. The second kappa shape index (κ2) is 4.66. The Morgan fingerprint density at radius 2 is 2.12 bits per heavy atom. The van der Waals surface area contributed by atoms with E-state index in [0.717, 1.165) is 17.9 Å². The third-order valence-electron chi connectivity index (χ3n) is 2.58.